The number of halogens is 3. The number of hydrogen-bond acceptors (Lipinski definition) is 2. The quantitative estimate of drug-likeness (QED) is 0.770. The third-order valence-corrected chi connectivity index (χ3v) is 3.63. The summed E-state index contributed by atoms with van der Waals surface area (Å²) < 4.78 is 36.1. The van der Waals surface area contributed by atoms with E-state index in [1.807, 2.05) is 0 Å². The van der Waals surface area contributed by atoms with Crippen molar-refractivity contribution in [2.75, 3.05) is 32.7 Å². The number of nitrogens with one attached hydrogen (secondary N) is 1. The molecule has 0 radical (unpaired) electrons. The first-order chi connectivity index (χ1) is 8.87. The minimum absolute atomic E-state index is 0.236. The van der Waals surface area contributed by atoms with Gasteiger partial charge in [-0.3, -0.25) is 0 Å². The summed E-state index contributed by atoms with van der Waals surface area (Å²) in [6.45, 7) is 8.97. The number of alkyl halides is 3. The average molecular weight is 280 g/mol. The van der Waals surface area contributed by atoms with E-state index in [9.17, 15) is 13.2 Å². The number of rotatable bonds is 7. The Morgan fingerprint density at radius 3 is 2.37 bits per heavy atom. The van der Waals surface area contributed by atoms with Gasteiger partial charge >= 0.3 is 6.18 Å². The van der Waals surface area contributed by atoms with Gasteiger partial charge in [0, 0.05) is 6.42 Å². The predicted octanol–water partition coefficient (Wildman–Crippen LogP) is 3.29. The summed E-state index contributed by atoms with van der Waals surface area (Å²) in [6, 6.07) is 0. The van der Waals surface area contributed by atoms with Gasteiger partial charge < -0.3 is 10.2 Å². The Hall–Kier alpha value is -0.290. The van der Waals surface area contributed by atoms with Crippen LogP contribution in [-0.4, -0.2) is 43.8 Å². The van der Waals surface area contributed by atoms with Crippen molar-refractivity contribution in [1.29, 1.82) is 0 Å². The first-order valence-corrected chi connectivity index (χ1v) is 7.36. The van der Waals surface area contributed by atoms with Gasteiger partial charge in [0.05, 0.1) is 0 Å². The lowest BCUT2D eigenvalue weighted by atomic mass is 9.96. The fourth-order valence-corrected chi connectivity index (χ4v) is 2.49. The highest BCUT2D eigenvalue weighted by Gasteiger charge is 2.27. The Kier molecular flexibility index (Phi) is 7.15. The molecule has 0 aromatic heterocycles. The zero-order chi connectivity index (χ0) is 14.3. The standard InChI is InChI=1S/C14H27F3N2/c1-12(2)10-18-11-13-4-8-19(9-5-13)7-3-6-14(15,16)17/h12-13,18H,3-11H2,1-2H3. The van der Waals surface area contributed by atoms with E-state index >= 15 is 0 Å². The summed E-state index contributed by atoms with van der Waals surface area (Å²) in [5, 5.41) is 3.47. The van der Waals surface area contributed by atoms with Crippen molar-refractivity contribution >= 4 is 0 Å². The smallest absolute Gasteiger partial charge is 0.316 e. The van der Waals surface area contributed by atoms with Crippen molar-refractivity contribution in [2.45, 2.75) is 45.7 Å². The Balaban J connectivity index is 2.05. The van der Waals surface area contributed by atoms with Crippen LogP contribution in [-0.2, 0) is 0 Å². The second-order valence-corrected chi connectivity index (χ2v) is 6.06. The number of hydrogen-bond donors (Lipinski definition) is 1. The van der Waals surface area contributed by atoms with Crippen molar-refractivity contribution < 1.29 is 13.2 Å². The van der Waals surface area contributed by atoms with Crippen molar-refractivity contribution in [3.05, 3.63) is 0 Å². The molecule has 0 saturated carbocycles. The molecule has 1 rings (SSSR count). The van der Waals surface area contributed by atoms with Crippen LogP contribution in [0, 0.1) is 11.8 Å². The van der Waals surface area contributed by atoms with E-state index in [2.05, 4.69) is 24.1 Å². The fraction of sp³-hybridized carbons (Fsp3) is 1.00. The van der Waals surface area contributed by atoms with Crippen LogP contribution in [0.3, 0.4) is 0 Å². The molecule has 0 spiro atoms. The number of likely N-dealkylation sites (tertiary alicyclic amines) is 1. The molecule has 0 atom stereocenters. The second kappa shape index (κ2) is 8.10. The third kappa shape index (κ3) is 8.47. The van der Waals surface area contributed by atoms with E-state index < -0.39 is 12.6 Å². The van der Waals surface area contributed by atoms with E-state index in [1.54, 1.807) is 0 Å². The maximum absolute atomic E-state index is 12.0. The van der Waals surface area contributed by atoms with Crippen LogP contribution in [0.25, 0.3) is 0 Å². The van der Waals surface area contributed by atoms with Gasteiger partial charge in [-0.05, 0) is 63.8 Å². The van der Waals surface area contributed by atoms with Crippen molar-refractivity contribution in [3.63, 3.8) is 0 Å². The van der Waals surface area contributed by atoms with E-state index in [4.69, 9.17) is 0 Å². The van der Waals surface area contributed by atoms with E-state index in [0.717, 1.165) is 39.0 Å². The molecular weight excluding hydrogens is 253 g/mol. The van der Waals surface area contributed by atoms with Gasteiger partial charge in [0.1, 0.15) is 0 Å². The maximum atomic E-state index is 12.0. The highest BCUT2D eigenvalue weighted by molar-refractivity contribution is 4.74. The summed E-state index contributed by atoms with van der Waals surface area (Å²) >= 11 is 0. The monoisotopic (exact) mass is 280 g/mol. The molecule has 0 aliphatic carbocycles. The molecule has 0 amide bonds. The largest absolute Gasteiger partial charge is 0.389 e. The zero-order valence-corrected chi connectivity index (χ0v) is 12.1. The lowest BCUT2D eigenvalue weighted by Gasteiger charge is -2.32. The molecule has 0 aromatic rings. The minimum atomic E-state index is -4.00. The fourth-order valence-electron chi connectivity index (χ4n) is 2.49. The first kappa shape index (κ1) is 16.8. The van der Waals surface area contributed by atoms with Crippen LogP contribution < -0.4 is 5.32 Å². The van der Waals surface area contributed by atoms with E-state index in [-0.39, 0.29) is 6.42 Å². The van der Waals surface area contributed by atoms with Gasteiger partial charge in [0.2, 0.25) is 0 Å². The molecular formula is C14H27F3N2. The summed E-state index contributed by atoms with van der Waals surface area (Å²) in [4.78, 5) is 2.17. The van der Waals surface area contributed by atoms with Crippen LogP contribution in [0.4, 0.5) is 13.2 Å². The maximum Gasteiger partial charge on any atom is 0.389 e. The lowest BCUT2D eigenvalue weighted by Crippen LogP contribution is -2.38. The molecule has 1 saturated heterocycles. The van der Waals surface area contributed by atoms with Crippen LogP contribution in [0.5, 0.6) is 0 Å². The molecule has 114 valence electrons. The van der Waals surface area contributed by atoms with Crippen LogP contribution >= 0.6 is 0 Å². The highest BCUT2D eigenvalue weighted by atomic mass is 19.4. The van der Waals surface area contributed by atoms with Crippen molar-refractivity contribution in [3.8, 4) is 0 Å². The summed E-state index contributed by atoms with van der Waals surface area (Å²) in [7, 11) is 0. The molecule has 0 aromatic carbocycles. The number of nitrogens with zero attached hydrogens (tertiary/aromatic N) is 1. The Morgan fingerprint density at radius 1 is 1.21 bits per heavy atom. The first-order valence-electron chi connectivity index (χ1n) is 7.36. The Morgan fingerprint density at radius 2 is 1.84 bits per heavy atom. The van der Waals surface area contributed by atoms with Gasteiger partial charge in [0.15, 0.2) is 0 Å². The molecule has 1 fully saturated rings. The summed E-state index contributed by atoms with van der Waals surface area (Å²) in [6.07, 6.45) is -2.20. The molecule has 1 aliphatic rings. The van der Waals surface area contributed by atoms with E-state index in [0.29, 0.717) is 18.4 Å². The Bertz CT molecular complexity index is 233. The molecule has 1 aliphatic heterocycles. The van der Waals surface area contributed by atoms with Crippen molar-refractivity contribution in [1.82, 2.24) is 10.2 Å². The normalized spacial score (nSPS) is 19.3. The van der Waals surface area contributed by atoms with Gasteiger partial charge in [-0.2, -0.15) is 13.2 Å². The summed E-state index contributed by atoms with van der Waals surface area (Å²) in [5.41, 5.74) is 0. The topological polar surface area (TPSA) is 15.3 Å². The Labute approximate surface area is 114 Å². The SMILES string of the molecule is CC(C)CNCC1CCN(CCCC(F)(F)F)CC1. The van der Waals surface area contributed by atoms with Crippen molar-refractivity contribution in [2.24, 2.45) is 11.8 Å². The molecule has 1 N–H and O–H groups in total. The number of piperidine rings is 1. The van der Waals surface area contributed by atoms with Gasteiger partial charge in [-0.25, -0.2) is 0 Å². The van der Waals surface area contributed by atoms with E-state index in [1.165, 1.54) is 0 Å². The molecule has 0 unspecified atom stereocenters. The van der Waals surface area contributed by atoms with Crippen LogP contribution in [0.1, 0.15) is 39.5 Å². The average Bonchev–Trinajstić information content (AvgIpc) is 2.29. The molecule has 19 heavy (non-hydrogen) atoms. The van der Waals surface area contributed by atoms with Gasteiger partial charge in [-0.1, -0.05) is 13.8 Å². The zero-order valence-electron chi connectivity index (χ0n) is 12.1. The van der Waals surface area contributed by atoms with Crippen LogP contribution in [0.2, 0.25) is 0 Å². The van der Waals surface area contributed by atoms with Crippen LogP contribution in [0.15, 0.2) is 0 Å². The van der Waals surface area contributed by atoms with Gasteiger partial charge in [-0.15, -0.1) is 0 Å². The minimum Gasteiger partial charge on any atom is -0.316 e. The highest BCUT2D eigenvalue weighted by Crippen LogP contribution is 2.22. The molecule has 2 nitrogen and oxygen atoms in total. The van der Waals surface area contributed by atoms with Gasteiger partial charge in [0.25, 0.3) is 0 Å². The molecule has 0 bridgehead atoms. The third-order valence-electron chi connectivity index (χ3n) is 3.63. The predicted molar refractivity (Wildman–Crippen MR) is 72.2 cm³/mol. The lowest BCUT2D eigenvalue weighted by molar-refractivity contribution is -0.136. The summed E-state index contributed by atoms with van der Waals surface area (Å²) in [5.74, 6) is 1.36. The molecule has 1 heterocycles. The second-order valence-electron chi connectivity index (χ2n) is 6.06. The molecule has 5 heteroatoms.